The number of fused-ring (bicyclic) bond motifs is 1. The van der Waals surface area contributed by atoms with E-state index in [-0.39, 0.29) is 18.3 Å². The molecule has 3 heterocycles. The van der Waals surface area contributed by atoms with Crippen LogP contribution in [0.4, 0.5) is 0 Å². The first-order chi connectivity index (χ1) is 11.6. The van der Waals surface area contributed by atoms with Crippen molar-refractivity contribution in [2.75, 3.05) is 39.3 Å². The van der Waals surface area contributed by atoms with Crippen molar-refractivity contribution in [1.29, 1.82) is 0 Å². The third kappa shape index (κ3) is 3.72. The van der Waals surface area contributed by atoms with Crippen molar-refractivity contribution in [1.82, 2.24) is 15.1 Å². The second-order valence-electron chi connectivity index (χ2n) is 6.73. The van der Waals surface area contributed by atoms with Crippen molar-refractivity contribution in [2.24, 2.45) is 0 Å². The molecule has 0 aliphatic carbocycles. The zero-order chi connectivity index (χ0) is 16.7. The van der Waals surface area contributed by atoms with Crippen LogP contribution in [0.25, 0.3) is 11.0 Å². The van der Waals surface area contributed by atoms with Crippen molar-refractivity contribution in [3.05, 3.63) is 34.0 Å². The molecule has 1 atom stereocenters. The van der Waals surface area contributed by atoms with Crippen LogP contribution in [0.1, 0.15) is 22.5 Å². The van der Waals surface area contributed by atoms with E-state index in [1.807, 2.05) is 30.0 Å². The van der Waals surface area contributed by atoms with Gasteiger partial charge in [0.05, 0.1) is 0 Å². The Morgan fingerprint density at radius 2 is 2.00 bits per heavy atom. The Hall–Kier alpha value is -1.08. The Morgan fingerprint density at radius 1 is 1.24 bits per heavy atom. The van der Waals surface area contributed by atoms with Crippen LogP contribution in [0, 0.1) is 6.92 Å². The lowest BCUT2D eigenvalue weighted by atomic mass is 10.2. The van der Waals surface area contributed by atoms with E-state index < -0.39 is 0 Å². The van der Waals surface area contributed by atoms with Gasteiger partial charge in [0.1, 0.15) is 5.58 Å². The molecule has 136 valence electrons. The lowest BCUT2D eigenvalue weighted by molar-refractivity contribution is 0.0744. The van der Waals surface area contributed by atoms with Gasteiger partial charge < -0.3 is 14.6 Å². The van der Waals surface area contributed by atoms with Crippen molar-refractivity contribution in [2.45, 2.75) is 19.4 Å². The smallest absolute Gasteiger partial charge is 0.289 e. The molecule has 5 nitrogen and oxygen atoms in total. The minimum absolute atomic E-state index is 0. The number of carbonyl (C=O) groups is 1. The maximum absolute atomic E-state index is 12.8. The van der Waals surface area contributed by atoms with Crippen LogP contribution in [-0.4, -0.2) is 61.0 Å². The zero-order valence-corrected chi connectivity index (χ0v) is 16.7. The second kappa shape index (κ2) is 7.66. The van der Waals surface area contributed by atoms with Gasteiger partial charge in [0.15, 0.2) is 5.76 Å². The molecule has 2 saturated heterocycles. The standard InChI is InChI=1S/C18H22BrN3O2.ClH/c1-12-8-14(19)9-13-10-16(24-17(12)13)18(23)22-5-2-15(11-22)21-6-3-20-4-7-21;/h8-10,15,20H,2-7,11H2,1H3;1H. The molecule has 2 aliphatic rings. The lowest BCUT2D eigenvalue weighted by Gasteiger charge is -2.32. The Balaban J connectivity index is 0.00000182. The zero-order valence-electron chi connectivity index (χ0n) is 14.3. The summed E-state index contributed by atoms with van der Waals surface area (Å²) in [5.74, 6) is 0.464. The number of piperazine rings is 1. The number of halogens is 2. The molecule has 4 rings (SSSR count). The molecule has 0 radical (unpaired) electrons. The molecule has 1 aromatic heterocycles. The number of furan rings is 1. The average Bonchev–Trinajstić information content (AvgIpc) is 3.22. The van der Waals surface area contributed by atoms with Crippen LogP contribution in [0.5, 0.6) is 0 Å². The van der Waals surface area contributed by atoms with Gasteiger partial charge in [-0.1, -0.05) is 15.9 Å². The Kier molecular flexibility index (Phi) is 5.73. The number of amides is 1. The summed E-state index contributed by atoms with van der Waals surface area (Å²) in [6.45, 7) is 7.85. The first kappa shape index (κ1) is 18.7. The molecule has 1 unspecified atom stereocenters. The van der Waals surface area contributed by atoms with Crippen molar-refractivity contribution >= 4 is 45.2 Å². The molecule has 1 aromatic carbocycles. The van der Waals surface area contributed by atoms with Crippen LogP contribution >= 0.6 is 28.3 Å². The number of aryl methyl sites for hydroxylation is 1. The van der Waals surface area contributed by atoms with E-state index in [4.69, 9.17) is 4.42 Å². The number of likely N-dealkylation sites (tertiary alicyclic amines) is 1. The fraction of sp³-hybridized carbons (Fsp3) is 0.500. The van der Waals surface area contributed by atoms with Crippen LogP contribution in [0.2, 0.25) is 0 Å². The minimum atomic E-state index is 0. The summed E-state index contributed by atoms with van der Waals surface area (Å²) in [6, 6.07) is 6.36. The fourth-order valence-corrected chi connectivity index (χ4v) is 4.41. The number of carbonyl (C=O) groups excluding carboxylic acids is 1. The SMILES string of the molecule is Cc1cc(Br)cc2cc(C(=O)N3CCC(N4CCNCC4)C3)oc12.Cl. The minimum Gasteiger partial charge on any atom is -0.451 e. The topological polar surface area (TPSA) is 48.7 Å². The third-order valence-corrected chi connectivity index (χ3v) is 5.55. The van der Waals surface area contributed by atoms with E-state index in [1.54, 1.807) is 0 Å². The summed E-state index contributed by atoms with van der Waals surface area (Å²) >= 11 is 3.50. The number of nitrogens with zero attached hydrogens (tertiary/aromatic N) is 2. The molecule has 0 saturated carbocycles. The molecular formula is C18H23BrClN3O2. The van der Waals surface area contributed by atoms with Crippen molar-refractivity contribution < 1.29 is 9.21 Å². The first-order valence-corrected chi connectivity index (χ1v) is 9.35. The van der Waals surface area contributed by atoms with E-state index in [2.05, 4.69) is 26.1 Å². The predicted molar refractivity (Wildman–Crippen MR) is 105 cm³/mol. The van der Waals surface area contributed by atoms with Crippen molar-refractivity contribution in [3.8, 4) is 0 Å². The van der Waals surface area contributed by atoms with Gasteiger partial charge in [-0.15, -0.1) is 12.4 Å². The van der Waals surface area contributed by atoms with Crippen LogP contribution in [-0.2, 0) is 0 Å². The van der Waals surface area contributed by atoms with Gasteiger partial charge in [0, 0.05) is 55.2 Å². The number of benzene rings is 1. The van der Waals surface area contributed by atoms with E-state index in [1.165, 1.54) is 0 Å². The van der Waals surface area contributed by atoms with Gasteiger partial charge >= 0.3 is 0 Å². The Morgan fingerprint density at radius 3 is 2.76 bits per heavy atom. The monoisotopic (exact) mass is 427 g/mol. The summed E-state index contributed by atoms with van der Waals surface area (Å²) in [5, 5.41) is 4.36. The predicted octanol–water partition coefficient (Wildman–Crippen LogP) is 3.05. The van der Waals surface area contributed by atoms with Gasteiger partial charge in [-0.05, 0) is 37.1 Å². The summed E-state index contributed by atoms with van der Waals surface area (Å²) in [4.78, 5) is 17.3. The summed E-state index contributed by atoms with van der Waals surface area (Å²) < 4.78 is 6.88. The molecule has 0 spiro atoms. The molecule has 2 fully saturated rings. The molecule has 1 N–H and O–H groups in total. The summed E-state index contributed by atoms with van der Waals surface area (Å²) in [6.07, 6.45) is 1.05. The molecule has 1 amide bonds. The highest BCUT2D eigenvalue weighted by Crippen LogP contribution is 2.28. The van der Waals surface area contributed by atoms with Gasteiger partial charge in [-0.25, -0.2) is 0 Å². The van der Waals surface area contributed by atoms with E-state index in [9.17, 15) is 4.79 Å². The van der Waals surface area contributed by atoms with Gasteiger partial charge in [-0.2, -0.15) is 0 Å². The maximum atomic E-state index is 12.8. The normalized spacial score (nSPS) is 21.5. The van der Waals surface area contributed by atoms with Crippen LogP contribution in [0.3, 0.4) is 0 Å². The highest BCUT2D eigenvalue weighted by molar-refractivity contribution is 9.10. The van der Waals surface area contributed by atoms with Gasteiger partial charge in [0.25, 0.3) is 5.91 Å². The van der Waals surface area contributed by atoms with E-state index in [0.29, 0.717) is 11.8 Å². The van der Waals surface area contributed by atoms with Crippen molar-refractivity contribution in [3.63, 3.8) is 0 Å². The quantitative estimate of drug-likeness (QED) is 0.799. The number of rotatable bonds is 2. The lowest BCUT2D eigenvalue weighted by Crippen LogP contribution is -2.49. The maximum Gasteiger partial charge on any atom is 0.289 e. The summed E-state index contributed by atoms with van der Waals surface area (Å²) in [5.41, 5.74) is 1.85. The van der Waals surface area contributed by atoms with Crippen LogP contribution < -0.4 is 5.32 Å². The largest absolute Gasteiger partial charge is 0.451 e. The van der Waals surface area contributed by atoms with Gasteiger partial charge in [-0.3, -0.25) is 9.69 Å². The molecular weight excluding hydrogens is 406 g/mol. The Labute approximate surface area is 162 Å². The molecule has 2 aliphatic heterocycles. The molecule has 2 aromatic rings. The molecule has 0 bridgehead atoms. The van der Waals surface area contributed by atoms with E-state index >= 15 is 0 Å². The number of hydrogen-bond donors (Lipinski definition) is 1. The van der Waals surface area contributed by atoms with Crippen LogP contribution in [0.15, 0.2) is 27.1 Å². The average molecular weight is 429 g/mol. The second-order valence-corrected chi connectivity index (χ2v) is 7.65. The number of nitrogens with one attached hydrogen (secondary N) is 1. The highest BCUT2D eigenvalue weighted by atomic mass is 79.9. The fourth-order valence-electron chi connectivity index (χ4n) is 3.82. The van der Waals surface area contributed by atoms with Gasteiger partial charge in [0.2, 0.25) is 0 Å². The molecule has 7 heteroatoms. The molecule has 25 heavy (non-hydrogen) atoms. The highest BCUT2D eigenvalue weighted by Gasteiger charge is 2.32. The summed E-state index contributed by atoms with van der Waals surface area (Å²) in [7, 11) is 0. The number of hydrogen-bond acceptors (Lipinski definition) is 4. The van der Waals surface area contributed by atoms with E-state index in [0.717, 1.165) is 66.7 Å². The first-order valence-electron chi connectivity index (χ1n) is 8.55. The Bertz CT molecular complexity index is 773. The third-order valence-electron chi connectivity index (χ3n) is 5.10.